The first-order valence-corrected chi connectivity index (χ1v) is 8.63. The van der Waals surface area contributed by atoms with Crippen LogP contribution in [-0.2, 0) is 4.74 Å². The van der Waals surface area contributed by atoms with Gasteiger partial charge in [-0.25, -0.2) is 14.2 Å². The summed E-state index contributed by atoms with van der Waals surface area (Å²) in [5, 5.41) is 10.6. The van der Waals surface area contributed by atoms with E-state index in [9.17, 15) is 9.18 Å². The Morgan fingerprint density at radius 1 is 1.63 bits per heavy atom. The molecule has 0 aliphatic carbocycles. The number of hydrogen-bond acceptors (Lipinski definition) is 8. The van der Waals surface area contributed by atoms with Gasteiger partial charge in [-0.3, -0.25) is 16.2 Å². The Balaban J connectivity index is 1.80. The maximum Gasteiger partial charge on any atom is 0.414 e. The minimum Gasteiger partial charge on any atom is -0.441 e. The number of aromatic nitrogens is 1. The van der Waals surface area contributed by atoms with Crippen molar-refractivity contribution in [3.8, 4) is 10.4 Å². The minimum absolute atomic E-state index is 0.0442. The molecule has 0 radical (unpaired) electrons. The number of guanidine groups is 1. The topological polar surface area (TPSA) is 142 Å². The van der Waals surface area contributed by atoms with E-state index in [0.29, 0.717) is 21.3 Å². The third-order valence-electron chi connectivity index (χ3n) is 3.61. The van der Waals surface area contributed by atoms with Crippen molar-refractivity contribution in [2.75, 3.05) is 25.1 Å². The van der Waals surface area contributed by atoms with Gasteiger partial charge in [0.05, 0.1) is 23.7 Å². The summed E-state index contributed by atoms with van der Waals surface area (Å²) in [6, 6.07) is 4.38. The third-order valence-corrected chi connectivity index (χ3v) is 4.53. The van der Waals surface area contributed by atoms with Gasteiger partial charge in [-0.1, -0.05) is 11.3 Å². The van der Waals surface area contributed by atoms with E-state index < -0.39 is 18.0 Å². The van der Waals surface area contributed by atoms with E-state index >= 15 is 0 Å². The van der Waals surface area contributed by atoms with Crippen molar-refractivity contribution in [2.45, 2.75) is 6.10 Å². The molecule has 1 aromatic heterocycles. The fraction of sp³-hybridized carbons (Fsp3) is 0.267. The van der Waals surface area contributed by atoms with Crippen molar-refractivity contribution in [3.05, 3.63) is 30.2 Å². The summed E-state index contributed by atoms with van der Waals surface area (Å²) in [6.07, 6.45) is 0.240. The second-order valence-electron chi connectivity index (χ2n) is 5.69. The molecular weight excluding hydrogens is 377 g/mol. The van der Waals surface area contributed by atoms with Gasteiger partial charge in [0.15, 0.2) is 0 Å². The molecule has 12 heteroatoms. The Morgan fingerprint density at radius 2 is 2.41 bits per heavy atom. The number of carbonyl (C=O) groups is 1. The number of nitrogens with one attached hydrogen (secondary N) is 1. The van der Waals surface area contributed by atoms with Crippen LogP contribution in [0, 0.1) is 5.82 Å². The first-order valence-electron chi connectivity index (χ1n) is 7.81. The number of amides is 1. The molecule has 6 N–H and O–H groups in total. The van der Waals surface area contributed by atoms with E-state index in [1.165, 1.54) is 17.2 Å². The number of hydrazine groups is 2. The van der Waals surface area contributed by atoms with Gasteiger partial charge in [0.2, 0.25) is 11.1 Å². The van der Waals surface area contributed by atoms with Gasteiger partial charge in [0.25, 0.3) is 0 Å². The highest BCUT2D eigenvalue weighted by molar-refractivity contribution is 7.18. The third kappa shape index (κ3) is 4.31. The molecule has 27 heavy (non-hydrogen) atoms. The predicted octanol–water partition coefficient (Wildman–Crippen LogP) is 0.523. The van der Waals surface area contributed by atoms with Crippen molar-refractivity contribution < 1.29 is 19.0 Å². The molecule has 1 fully saturated rings. The molecule has 1 aromatic carbocycles. The number of thiazole rings is 1. The predicted molar refractivity (Wildman–Crippen MR) is 98.6 cm³/mol. The highest BCUT2D eigenvalue weighted by Crippen LogP contribution is 2.34. The Kier molecular flexibility index (Phi) is 5.51. The lowest BCUT2D eigenvalue weighted by Crippen LogP contribution is -2.47. The lowest BCUT2D eigenvalue weighted by atomic mass is 10.1. The average molecular weight is 395 g/mol. The highest BCUT2D eigenvalue weighted by atomic mass is 32.1. The molecule has 1 aliphatic heterocycles. The quantitative estimate of drug-likeness (QED) is 0.248. The van der Waals surface area contributed by atoms with Crippen LogP contribution in [0.25, 0.3) is 10.4 Å². The largest absolute Gasteiger partial charge is 0.441 e. The molecule has 0 unspecified atom stereocenters. The van der Waals surface area contributed by atoms with Crippen LogP contribution in [0.15, 0.2) is 29.4 Å². The smallest absolute Gasteiger partial charge is 0.414 e. The monoisotopic (exact) mass is 395 g/mol. The number of nitrogens with two attached hydrogens (primary N) is 2. The van der Waals surface area contributed by atoms with E-state index in [0.717, 1.165) is 16.5 Å². The molecule has 0 saturated carbocycles. The summed E-state index contributed by atoms with van der Waals surface area (Å²) in [5.74, 6) is 4.92. The maximum atomic E-state index is 14.6. The molecule has 0 bridgehead atoms. The summed E-state index contributed by atoms with van der Waals surface area (Å²) in [5.41, 5.74) is 8.88. The van der Waals surface area contributed by atoms with Crippen LogP contribution >= 0.6 is 11.3 Å². The minimum atomic E-state index is -0.622. The first kappa shape index (κ1) is 19.0. The Hall–Kier alpha value is -2.80. The molecule has 2 heterocycles. The number of anilines is 1. The molecular formula is C15H18FN7O3S. The van der Waals surface area contributed by atoms with Crippen molar-refractivity contribution in [3.63, 3.8) is 0 Å². The van der Waals surface area contributed by atoms with Crippen molar-refractivity contribution >= 4 is 34.2 Å². The van der Waals surface area contributed by atoms with Crippen molar-refractivity contribution in [1.82, 2.24) is 15.5 Å². The molecule has 1 amide bonds. The van der Waals surface area contributed by atoms with Crippen molar-refractivity contribution in [1.29, 1.82) is 0 Å². The lowest BCUT2D eigenvalue weighted by Gasteiger charge is -2.13. The van der Waals surface area contributed by atoms with Gasteiger partial charge >= 0.3 is 6.09 Å². The zero-order valence-electron chi connectivity index (χ0n) is 14.3. The molecule has 3 rings (SSSR count). The second kappa shape index (κ2) is 7.84. The van der Waals surface area contributed by atoms with Gasteiger partial charge in [0.1, 0.15) is 11.9 Å². The average Bonchev–Trinajstić information content (AvgIpc) is 3.20. The van der Waals surface area contributed by atoms with Gasteiger partial charge in [-0.2, -0.15) is 10.1 Å². The summed E-state index contributed by atoms with van der Waals surface area (Å²) in [6.45, 7) is -0.125. The van der Waals surface area contributed by atoms with Crippen LogP contribution in [0.3, 0.4) is 0 Å². The maximum absolute atomic E-state index is 14.6. The van der Waals surface area contributed by atoms with Crippen LogP contribution in [0.4, 0.5) is 20.0 Å². The number of aliphatic imine (C=N–C) groups is 1. The van der Waals surface area contributed by atoms with E-state index in [-0.39, 0.29) is 19.1 Å². The van der Waals surface area contributed by atoms with E-state index in [1.54, 1.807) is 19.2 Å². The highest BCUT2D eigenvalue weighted by Gasteiger charge is 2.32. The number of nitrogens with zero attached hydrogens (tertiary/aromatic N) is 4. The molecule has 2 aromatic rings. The van der Waals surface area contributed by atoms with Crippen LogP contribution in [0.1, 0.15) is 0 Å². The Morgan fingerprint density at radius 3 is 3.04 bits per heavy atom. The number of aliphatic hydroxyl groups is 1. The summed E-state index contributed by atoms with van der Waals surface area (Å²) in [4.78, 5) is 21.7. The zero-order valence-corrected chi connectivity index (χ0v) is 15.1. The number of halogens is 1. The van der Waals surface area contributed by atoms with Crippen LogP contribution in [0.5, 0.6) is 0 Å². The van der Waals surface area contributed by atoms with Crippen LogP contribution in [-0.4, -0.2) is 53.6 Å². The number of hydrogen-bond donors (Lipinski definition) is 4. The van der Waals surface area contributed by atoms with E-state index in [4.69, 9.17) is 21.4 Å². The number of ether oxygens (including phenoxy) is 1. The Bertz CT molecular complexity index is 873. The van der Waals surface area contributed by atoms with E-state index in [1.807, 2.05) is 0 Å². The summed E-state index contributed by atoms with van der Waals surface area (Å²) >= 11 is 1.14. The fourth-order valence-corrected chi connectivity index (χ4v) is 3.28. The normalized spacial score (nSPS) is 17.5. The molecule has 1 aliphatic rings. The molecule has 144 valence electrons. The second-order valence-corrected chi connectivity index (χ2v) is 6.70. The van der Waals surface area contributed by atoms with Crippen LogP contribution < -0.4 is 21.9 Å². The Labute approximate surface area is 157 Å². The summed E-state index contributed by atoms with van der Waals surface area (Å²) in [7, 11) is 1.55. The molecule has 10 nitrogen and oxygen atoms in total. The molecule has 0 spiro atoms. The van der Waals surface area contributed by atoms with E-state index in [2.05, 4.69) is 15.4 Å². The number of aliphatic hydroxyl groups excluding tert-OH is 1. The van der Waals surface area contributed by atoms with Crippen LogP contribution in [0.2, 0.25) is 0 Å². The molecule has 1 saturated heterocycles. The zero-order chi connectivity index (χ0) is 19.6. The van der Waals surface area contributed by atoms with Gasteiger partial charge in [-0.15, -0.1) is 0 Å². The summed E-state index contributed by atoms with van der Waals surface area (Å²) < 4.78 is 19.6. The number of rotatable bonds is 5. The number of benzene rings is 1. The number of cyclic esters (lactones) is 1. The molecule has 1 atom stereocenters. The standard InChI is InChI=1S/C15H18FN7O3S/c1-22(18)21-13(17)20-14-19-5-12(27-14)10-3-2-8(4-11(10)16)23-6-9(7-24)26-15(23)25/h2-5,9,24H,6-7,18H2,1H3,(H3,17,19,20,21)/t9-/m1/s1. The van der Waals surface area contributed by atoms with Gasteiger partial charge < -0.3 is 15.6 Å². The van der Waals surface area contributed by atoms with Gasteiger partial charge in [0, 0.05) is 18.8 Å². The van der Waals surface area contributed by atoms with Gasteiger partial charge in [-0.05, 0) is 18.2 Å². The van der Waals surface area contributed by atoms with Crippen molar-refractivity contribution in [2.24, 2.45) is 16.6 Å². The first-order chi connectivity index (χ1) is 12.9. The lowest BCUT2D eigenvalue weighted by molar-refractivity contribution is 0.0963. The SMILES string of the molecule is CN(N)N/C(N)=N\c1ncc(-c2ccc(N3C[C@H](CO)OC3=O)cc2F)s1. The fourth-order valence-electron chi connectivity index (χ4n) is 2.45. The number of carbonyl (C=O) groups excluding carboxylic acids is 1.